The molecule has 9 heteroatoms. The van der Waals surface area contributed by atoms with Crippen LogP contribution in [0.25, 0.3) is 0 Å². The fourth-order valence-corrected chi connectivity index (χ4v) is 5.05. The maximum atomic E-state index is 14.0. The number of methoxy groups -OCH3 is 1. The van der Waals surface area contributed by atoms with E-state index in [4.69, 9.17) is 9.84 Å². The molecule has 0 aromatic heterocycles. The number of Topliss-reactive ketones (excluding diaryl/α,β-unsaturated/α-hetero) is 1. The van der Waals surface area contributed by atoms with Crippen LogP contribution >= 0.6 is 0 Å². The minimum absolute atomic E-state index is 0.0974. The van der Waals surface area contributed by atoms with Crippen LogP contribution in [-0.2, 0) is 14.3 Å². The molecule has 2 aromatic rings. The van der Waals surface area contributed by atoms with Crippen LogP contribution in [0.3, 0.4) is 0 Å². The van der Waals surface area contributed by atoms with Crippen molar-refractivity contribution in [3.63, 3.8) is 0 Å². The van der Waals surface area contributed by atoms with E-state index in [9.17, 15) is 19.2 Å². The summed E-state index contributed by atoms with van der Waals surface area (Å²) in [5.41, 5.74) is 2.36. The van der Waals surface area contributed by atoms with Gasteiger partial charge in [-0.1, -0.05) is 64.3 Å². The summed E-state index contributed by atoms with van der Waals surface area (Å²) in [6.07, 6.45) is 5.21. The van der Waals surface area contributed by atoms with Crippen LogP contribution < -0.4 is 9.80 Å². The van der Waals surface area contributed by atoms with Gasteiger partial charge < -0.3 is 9.64 Å². The number of hydrazone groups is 1. The number of ether oxygens (including phenoxy) is 1. The van der Waals surface area contributed by atoms with Gasteiger partial charge in [-0.05, 0) is 37.1 Å². The summed E-state index contributed by atoms with van der Waals surface area (Å²) >= 11 is 0. The summed E-state index contributed by atoms with van der Waals surface area (Å²) in [5.74, 6) is -0.855. The Morgan fingerprint density at radius 2 is 1.70 bits per heavy atom. The number of urea groups is 1. The fourth-order valence-electron chi connectivity index (χ4n) is 5.05. The Balaban J connectivity index is 1.71. The van der Waals surface area contributed by atoms with E-state index in [1.807, 2.05) is 45.0 Å². The predicted molar refractivity (Wildman–Crippen MR) is 155 cm³/mol. The highest BCUT2D eigenvalue weighted by Crippen LogP contribution is 2.34. The molecule has 9 nitrogen and oxygen atoms in total. The second-order valence-electron chi connectivity index (χ2n) is 11.4. The number of carbonyl (C=O) groups excluding carboxylic acids is 4. The van der Waals surface area contributed by atoms with Crippen LogP contribution in [-0.4, -0.2) is 61.7 Å². The molecule has 0 saturated heterocycles. The number of anilines is 2. The summed E-state index contributed by atoms with van der Waals surface area (Å²) < 4.78 is 4.80. The molecule has 0 N–H and O–H groups in total. The molecule has 212 valence electrons. The summed E-state index contributed by atoms with van der Waals surface area (Å²) in [4.78, 5) is 55.6. The Morgan fingerprint density at radius 1 is 1.00 bits per heavy atom. The van der Waals surface area contributed by atoms with Gasteiger partial charge in [-0.3, -0.25) is 14.5 Å². The zero-order valence-electron chi connectivity index (χ0n) is 24.0. The number of fused-ring (bicyclic) bond motifs is 1. The molecule has 0 radical (unpaired) electrons. The molecule has 3 amide bonds. The Labute approximate surface area is 235 Å². The molecule has 0 spiro atoms. The third-order valence-electron chi connectivity index (χ3n) is 7.59. The van der Waals surface area contributed by atoms with E-state index in [1.165, 1.54) is 21.9 Å². The molecule has 40 heavy (non-hydrogen) atoms. The van der Waals surface area contributed by atoms with E-state index in [0.717, 1.165) is 43.4 Å². The van der Waals surface area contributed by atoms with Gasteiger partial charge in [-0.15, -0.1) is 0 Å². The van der Waals surface area contributed by atoms with Gasteiger partial charge in [0.05, 0.1) is 30.6 Å². The van der Waals surface area contributed by atoms with E-state index < -0.39 is 23.3 Å². The van der Waals surface area contributed by atoms with Crippen molar-refractivity contribution in [2.45, 2.75) is 52.9 Å². The van der Waals surface area contributed by atoms with Gasteiger partial charge >= 0.3 is 12.0 Å². The molecule has 4 rings (SSSR count). The molecule has 0 unspecified atom stereocenters. The van der Waals surface area contributed by atoms with E-state index in [2.05, 4.69) is 0 Å². The molecule has 2 aromatic carbocycles. The molecule has 1 heterocycles. The number of hydrogen-bond acceptors (Lipinski definition) is 6. The Hall–Kier alpha value is -4.01. The van der Waals surface area contributed by atoms with Crippen LogP contribution in [0.15, 0.2) is 53.6 Å². The smallest absolute Gasteiger partial charge is 0.345 e. The molecular weight excluding hydrogens is 508 g/mol. The molecule has 1 saturated carbocycles. The maximum Gasteiger partial charge on any atom is 0.345 e. The van der Waals surface area contributed by atoms with Crippen molar-refractivity contribution in [2.24, 2.45) is 16.4 Å². The van der Waals surface area contributed by atoms with E-state index in [0.29, 0.717) is 16.9 Å². The topological polar surface area (TPSA) is 99.6 Å². The Kier molecular flexibility index (Phi) is 8.71. The van der Waals surface area contributed by atoms with Crippen molar-refractivity contribution in [3.8, 4) is 0 Å². The van der Waals surface area contributed by atoms with E-state index in [-0.39, 0.29) is 24.8 Å². The number of nitrogens with zero attached hydrogens (tertiary/aromatic N) is 4. The lowest BCUT2D eigenvalue weighted by atomic mass is 9.83. The number of carbonyl (C=O) groups is 4. The monoisotopic (exact) mass is 546 g/mol. The highest BCUT2D eigenvalue weighted by molar-refractivity contribution is 6.13. The normalized spacial score (nSPS) is 16.1. The van der Waals surface area contributed by atoms with Crippen LogP contribution in [0, 0.1) is 11.3 Å². The summed E-state index contributed by atoms with van der Waals surface area (Å²) in [6.45, 7) is 5.02. The lowest BCUT2D eigenvalue weighted by Gasteiger charge is -2.29. The highest BCUT2D eigenvalue weighted by Gasteiger charge is 2.36. The van der Waals surface area contributed by atoms with Gasteiger partial charge in [0.2, 0.25) is 5.91 Å². The van der Waals surface area contributed by atoms with Gasteiger partial charge in [0, 0.05) is 29.6 Å². The zero-order valence-corrected chi connectivity index (χ0v) is 24.0. The van der Waals surface area contributed by atoms with Gasteiger partial charge in [-0.2, -0.15) is 5.10 Å². The number of rotatable bonds is 7. The summed E-state index contributed by atoms with van der Waals surface area (Å²) in [6, 6.07) is 13.6. The first-order chi connectivity index (χ1) is 19.0. The quantitative estimate of drug-likeness (QED) is 0.440. The van der Waals surface area contributed by atoms with E-state index in [1.54, 1.807) is 31.3 Å². The van der Waals surface area contributed by atoms with Crippen LogP contribution in [0.5, 0.6) is 0 Å². The van der Waals surface area contributed by atoms with Gasteiger partial charge in [0.25, 0.3) is 0 Å². The maximum absolute atomic E-state index is 14.0. The molecule has 1 fully saturated rings. The average Bonchev–Trinajstić information content (AvgIpc) is 3.07. The lowest BCUT2D eigenvalue weighted by Crippen LogP contribution is -2.48. The molecule has 1 aliphatic heterocycles. The number of amides is 3. The second kappa shape index (κ2) is 12.0. The van der Waals surface area contributed by atoms with Crippen LogP contribution in [0.1, 0.15) is 68.8 Å². The van der Waals surface area contributed by atoms with Crippen molar-refractivity contribution in [3.05, 3.63) is 59.7 Å². The third kappa shape index (κ3) is 6.24. The third-order valence-corrected chi connectivity index (χ3v) is 7.59. The van der Waals surface area contributed by atoms with Crippen molar-refractivity contribution >= 4 is 40.8 Å². The first kappa shape index (κ1) is 29.0. The van der Waals surface area contributed by atoms with E-state index >= 15 is 0 Å². The van der Waals surface area contributed by atoms with Gasteiger partial charge in [-0.25, -0.2) is 14.6 Å². The Morgan fingerprint density at radius 3 is 2.38 bits per heavy atom. The number of likely N-dealkylation sites (N-methyl/N-ethyl adjacent to an activating group) is 1. The molecule has 2 aliphatic rings. The first-order valence-corrected chi connectivity index (χ1v) is 13.8. The summed E-state index contributed by atoms with van der Waals surface area (Å²) in [7, 11) is 2.88. The molecule has 1 aliphatic carbocycles. The average molecular weight is 547 g/mol. The number of benzene rings is 2. The van der Waals surface area contributed by atoms with Crippen LogP contribution in [0.2, 0.25) is 0 Å². The van der Waals surface area contributed by atoms with Crippen LogP contribution in [0.4, 0.5) is 16.2 Å². The first-order valence-electron chi connectivity index (χ1n) is 13.8. The summed E-state index contributed by atoms with van der Waals surface area (Å²) in [5, 5.41) is 6.04. The molecular formula is C31H38N4O5. The zero-order chi connectivity index (χ0) is 29.0. The lowest BCUT2D eigenvalue weighted by molar-refractivity contribution is -0.124. The SMILES string of the molecule is COC(=O)c1cccc(N(C)C(=O)CN2N=C(C3CCCCC3)c3ccccc3N(CC(=O)C(C)(C)C)C2=O)c1. The number of para-hydroxylation sites is 1. The molecule has 0 bridgehead atoms. The minimum atomic E-state index is -0.653. The number of ketones is 1. The number of esters is 1. The minimum Gasteiger partial charge on any atom is -0.465 e. The van der Waals surface area contributed by atoms with Crippen molar-refractivity contribution < 1.29 is 23.9 Å². The van der Waals surface area contributed by atoms with Crippen molar-refractivity contribution in [1.82, 2.24) is 5.01 Å². The van der Waals surface area contributed by atoms with Gasteiger partial charge in [0.15, 0.2) is 5.78 Å². The predicted octanol–water partition coefficient (Wildman–Crippen LogP) is 5.28. The number of hydrogen-bond donors (Lipinski definition) is 0. The van der Waals surface area contributed by atoms with Crippen molar-refractivity contribution in [1.29, 1.82) is 0 Å². The highest BCUT2D eigenvalue weighted by atomic mass is 16.5. The van der Waals surface area contributed by atoms with Crippen molar-refractivity contribution in [2.75, 3.05) is 37.0 Å². The fraction of sp³-hybridized carbons (Fsp3) is 0.452. The second-order valence-corrected chi connectivity index (χ2v) is 11.4. The largest absolute Gasteiger partial charge is 0.465 e. The Bertz CT molecular complexity index is 1320. The molecule has 0 atom stereocenters. The van der Waals surface area contributed by atoms with Gasteiger partial charge in [0.1, 0.15) is 6.54 Å². The standard InChI is InChI=1S/C31H38N4O5/c1-31(2,3)26(36)19-34-25-17-10-9-16-24(25)28(21-12-7-6-8-13-21)32-35(30(34)39)20-27(37)33(4)23-15-11-14-22(18-23)29(38)40-5/h9-11,14-18,21H,6-8,12-13,19-20H2,1-5H3.